The topological polar surface area (TPSA) is 59.4 Å². The lowest BCUT2D eigenvalue weighted by atomic mass is 9.74. The van der Waals surface area contributed by atoms with Crippen molar-refractivity contribution in [1.29, 1.82) is 0 Å². The molecule has 4 fully saturated rings. The predicted octanol–water partition coefficient (Wildman–Crippen LogP) is 3.97. The van der Waals surface area contributed by atoms with Crippen LogP contribution in [0.1, 0.15) is 56.6 Å². The van der Waals surface area contributed by atoms with Crippen molar-refractivity contribution in [2.75, 3.05) is 26.7 Å². The molecule has 0 radical (unpaired) electrons. The van der Waals surface area contributed by atoms with E-state index in [9.17, 15) is 4.79 Å². The Bertz CT molecular complexity index is 949. The fraction of sp³-hybridized carbons (Fsp3) is 0.615. The van der Waals surface area contributed by atoms with Gasteiger partial charge < -0.3 is 10.1 Å². The maximum absolute atomic E-state index is 12.6. The van der Waals surface area contributed by atoms with Gasteiger partial charge in [-0.1, -0.05) is 31.4 Å². The number of nitrogens with zero attached hydrogens (tertiary/aromatic N) is 3. The van der Waals surface area contributed by atoms with Crippen molar-refractivity contribution in [2.24, 2.45) is 18.9 Å². The van der Waals surface area contributed by atoms with E-state index in [0.717, 1.165) is 55.9 Å². The quantitative estimate of drug-likeness (QED) is 0.744. The third kappa shape index (κ3) is 4.17. The van der Waals surface area contributed by atoms with Crippen LogP contribution in [-0.2, 0) is 11.8 Å². The van der Waals surface area contributed by atoms with Crippen molar-refractivity contribution in [3.63, 3.8) is 0 Å². The van der Waals surface area contributed by atoms with E-state index in [-0.39, 0.29) is 11.8 Å². The van der Waals surface area contributed by atoms with Gasteiger partial charge in [-0.15, -0.1) is 0 Å². The molecule has 4 aliphatic rings. The first-order valence-electron chi connectivity index (χ1n) is 12.3. The van der Waals surface area contributed by atoms with Gasteiger partial charge in [-0.05, 0) is 56.3 Å². The molecule has 6 rings (SSSR count). The lowest BCUT2D eigenvalue weighted by molar-refractivity contribution is -0.126. The van der Waals surface area contributed by atoms with Crippen molar-refractivity contribution in [1.82, 2.24) is 20.0 Å². The van der Waals surface area contributed by atoms with Crippen LogP contribution in [0.4, 0.5) is 0 Å². The monoisotopic (exact) mass is 436 g/mol. The first kappa shape index (κ1) is 21.5. The maximum atomic E-state index is 12.6. The number of piperidine rings is 3. The zero-order chi connectivity index (χ0) is 22.1. The summed E-state index contributed by atoms with van der Waals surface area (Å²) in [5, 5.41) is 8.14. The molecular weight excluding hydrogens is 400 g/mol. The molecule has 1 saturated carbocycles. The Balaban J connectivity index is 1.25. The highest BCUT2D eigenvalue weighted by Gasteiger charge is 2.42. The second-order valence-electron chi connectivity index (χ2n) is 9.90. The van der Waals surface area contributed by atoms with Gasteiger partial charge in [0.1, 0.15) is 5.75 Å². The number of nitrogens with one attached hydrogen (secondary N) is 1. The van der Waals surface area contributed by atoms with Crippen LogP contribution in [0.3, 0.4) is 0 Å². The van der Waals surface area contributed by atoms with E-state index in [0.29, 0.717) is 17.9 Å². The number of hydrogen-bond acceptors (Lipinski definition) is 4. The van der Waals surface area contributed by atoms with Gasteiger partial charge in [-0.2, -0.15) is 5.10 Å². The number of benzene rings is 1. The SMILES string of the molecule is COc1ccccc1-c1cc([C@H]2CN3CC[C@H]2C[C@@H]3CNC(=O)C2CCCCC2)n(C)n1. The molecule has 1 aromatic heterocycles. The molecule has 6 heteroatoms. The molecule has 172 valence electrons. The van der Waals surface area contributed by atoms with Crippen LogP contribution in [0.2, 0.25) is 0 Å². The van der Waals surface area contributed by atoms with E-state index >= 15 is 0 Å². The lowest BCUT2D eigenvalue weighted by Gasteiger charge is -2.50. The zero-order valence-corrected chi connectivity index (χ0v) is 19.4. The standard InChI is InChI=1S/C26H36N4O2/c1-29-24(15-23(28-29)21-10-6-7-11-25(21)32-2)22-17-30-13-12-19(22)14-20(30)16-27-26(31)18-8-4-3-5-9-18/h6-7,10-11,15,18-20,22H,3-5,8-9,12-14,16-17H2,1-2H3,(H,27,31)/t19-,20+,22-/m0/s1. The Hall–Kier alpha value is -2.34. The first-order valence-corrected chi connectivity index (χ1v) is 12.3. The fourth-order valence-electron chi connectivity index (χ4n) is 6.23. The number of rotatable bonds is 6. The summed E-state index contributed by atoms with van der Waals surface area (Å²) < 4.78 is 7.62. The Morgan fingerprint density at radius 1 is 1.19 bits per heavy atom. The molecule has 4 atom stereocenters. The number of ether oxygens (including phenoxy) is 1. The third-order valence-electron chi connectivity index (χ3n) is 8.05. The molecule has 6 nitrogen and oxygen atoms in total. The minimum atomic E-state index is 0.245. The summed E-state index contributed by atoms with van der Waals surface area (Å²) in [6, 6.07) is 10.8. The molecule has 1 N–H and O–H groups in total. The van der Waals surface area contributed by atoms with Crippen LogP contribution in [0, 0.1) is 11.8 Å². The van der Waals surface area contributed by atoms with Crippen molar-refractivity contribution >= 4 is 5.91 Å². The van der Waals surface area contributed by atoms with E-state index in [1.165, 1.54) is 31.4 Å². The smallest absolute Gasteiger partial charge is 0.223 e. The van der Waals surface area contributed by atoms with Crippen LogP contribution in [-0.4, -0.2) is 53.4 Å². The molecule has 1 unspecified atom stereocenters. The normalized spacial score (nSPS) is 27.9. The van der Waals surface area contributed by atoms with Gasteiger partial charge in [0.2, 0.25) is 5.91 Å². The Kier molecular flexibility index (Phi) is 6.22. The number of para-hydroxylation sites is 1. The summed E-state index contributed by atoms with van der Waals surface area (Å²) in [5.41, 5.74) is 3.33. The lowest BCUT2D eigenvalue weighted by Crippen LogP contribution is -2.56. The molecule has 2 bridgehead atoms. The van der Waals surface area contributed by atoms with Crippen molar-refractivity contribution in [3.05, 3.63) is 36.0 Å². The summed E-state index contributed by atoms with van der Waals surface area (Å²) in [4.78, 5) is 15.2. The highest BCUT2D eigenvalue weighted by atomic mass is 16.5. The number of fused-ring (bicyclic) bond motifs is 3. The fourth-order valence-corrected chi connectivity index (χ4v) is 6.23. The largest absolute Gasteiger partial charge is 0.496 e. The van der Waals surface area contributed by atoms with E-state index in [1.807, 2.05) is 18.2 Å². The van der Waals surface area contributed by atoms with E-state index in [4.69, 9.17) is 9.84 Å². The molecule has 4 heterocycles. The summed E-state index contributed by atoms with van der Waals surface area (Å²) in [6.07, 6.45) is 8.23. The molecule has 1 aliphatic carbocycles. The molecule has 3 saturated heterocycles. The Morgan fingerprint density at radius 2 is 2.00 bits per heavy atom. The van der Waals surface area contributed by atoms with Gasteiger partial charge in [0, 0.05) is 49.3 Å². The average Bonchev–Trinajstić information content (AvgIpc) is 3.24. The van der Waals surface area contributed by atoms with Crippen molar-refractivity contribution in [2.45, 2.75) is 56.9 Å². The van der Waals surface area contributed by atoms with Crippen LogP contribution < -0.4 is 10.1 Å². The number of carbonyl (C=O) groups excluding carboxylic acids is 1. The van der Waals surface area contributed by atoms with Crippen molar-refractivity contribution in [3.8, 4) is 17.0 Å². The van der Waals surface area contributed by atoms with Crippen LogP contribution in [0.15, 0.2) is 30.3 Å². The van der Waals surface area contributed by atoms with E-state index in [2.05, 4.69) is 34.1 Å². The Morgan fingerprint density at radius 3 is 2.75 bits per heavy atom. The minimum absolute atomic E-state index is 0.245. The highest BCUT2D eigenvalue weighted by Crippen LogP contribution is 2.43. The molecule has 1 amide bonds. The van der Waals surface area contributed by atoms with Gasteiger partial charge in [-0.3, -0.25) is 14.4 Å². The van der Waals surface area contributed by atoms with E-state index in [1.54, 1.807) is 7.11 Å². The Labute approximate surface area is 191 Å². The zero-order valence-electron chi connectivity index (χ0n) is 19.4. The van der Waals surface area contributed by atoms with Gasteiger partial charge in [0.15, 0.2) is 0 Å². The molecule has 32 heavy (non-hydrogen) atoms. The second kappa shape index (κ2) is 9.26. The molecule has 1 aromatic carbocycles. The number of hydrogen-bond donors (Lipinski definition) is 1. The predicted molar refractivity (Wildman–Crippen MR) is 126 cm³/mol. The molecule has 3 aliphatic heterocycles. The minimum Gasteiger partial charge on any atom is -0.496 e. The summed E-state index contributed by atoms with van der Waals surface area (Å²) in [5.74, 6) is 2.54. The third-order valence-corrected chi connectivity index (χ3v) is 8.05. The molecule has 2 aromatic rings. The van der Waals surface area contributed by atoms with Gasteiger partial charge in [0.05, 0.1) is 12.8 Å². The number of carbonyl (C=O) groups is 1. The van der Waals surface area contributed by atoms with Gasteiger partial charge in [-0.25, -0.2) is 0 Å². The summed E-state index contributed by atoms with van der Waals surface area (Å²) in [7, 11) is 3.77. The highest BCUT2D eigenvalue weighted by molar-refractivity contribution is 5.78. The molecular formula is C26H36N4O2. The number of methoxy groups -OCH3 is 1. The average molecular weight is 437 g/mol. The molecule has 0 spiro atoms. The number of amides is 1. The van der Waals surface area contributed by atoms with E-state index < -0.39 is 0 Å². The summed E-state index contributed by atoms with van der Waals surface area (Å²) in [6.45, 7) is 3.00. The van der Waals surface area contributed by atoms with Gasteiger partial charge >= 0.3 is 0 Å². The van der Waals surface area contributed by atoms with Crippen LogP contribution >= 0.6 is 0 Å². The second-order valence-corrected chi connectivity index (χ2v) is 9.90. The first-order chi connectivity index (χ1) is 15.6. The number of aromatic nitrogens is 2. The maximum Gasteiger partial charge on any atom is 0.223 e. The number of aryl methyl sites for hydroxylation is 1. The summed E-state index contributed by atoms with van der Waals surface area (Å²) >= 11 is 0. The van der Waals surface area contributed by atoms with Crippen molar-refractivity contribution < 1.29 is 9.53 Å². The van der Waals surface area contributed by atoms with Crippen LogP contribution in [0.25, 0.3) is 11.3 Å². The van der Waals surface area contributed by atoms with Gasteiger partial charge in [0.25, 0.3) is 0 Å². The van der Waals surface area contributed by atoms with Crippen LogP contribution in [0.5, 0.6) is 5.75 Å².